The van der Waals surface area contributed by atoms with Crippen LogP contribution in [0.1, 0.15) is 10.4 Å². The molecule has 0 aliphatic rings. The number of hydrogen-bond donors (Lipinski definition) is 1. The molecule has 0 aliphatic carbocycles. The van der Waals surface area contributed by atoms with E-state index in [1.54, 1.807) is 0 Å². The monoisotopic (exact) mass is 344 g/mol. The number of non-ortho nitro benzene ring substituents is 1. The number of nitro benzene ring substituents is 1. The van der Waals surface area contributed by atoms with Gasteiger partial charge < -0.3 is 5.32 Å². The SMILES string of the molecule is O=C(Nc1ccc([N+](=O)[O-])cc1)c1c(Cl)ccc(Cl)c1Cl. The van der Waals surface area contributed by atoms with E-state index in [1.807, 2.05) is 0 Å². The minimum absolute atomic E-state index is 0.0450. The predicted molar refractivity (Wildman–Crippen MR) is 82.5 cm³/mol. The fraction of sp³-hybridized carbons (Fsp3) is 0. The Morgan fingerprint density at radius 3 is 2.14 bits per heavy atom. The lowest BCUT2D eigenvalue weighted by Crippen LogP contribution is -2.13. The number of nitro groups is 1. The second-order valence-electron chi connectivity index (χ2n) is 3.98. The number of amides is 1. The molecule has 5 nitrogen and oxygen atoms in total. The van der Waals surface area contributed by atoms with Crippen molar-refractivity contribution in [3.05, 3.63) is 67.1 Å². The molecule has 0 saturated carbocycles. The van der Waals surface area contributed by atoms with E-state index in [-0.39, 0.29) is 26.3 Å². The van der Waals surface area contributed by atoms with Crippen molar-refractivity contribution in [2.24, 2.45) is 0 Å². The molecule has 0 heterocycles. The van der Waals surface area contributed by atoms with Crippen LogP contribution in [-0.4, -0.2) is 10.8 Å². The molecule has 0 spiro atoms. The van der Waals surface area contributed by atoms with Crippen LogP contribution in [0, 0.1) is 10.1 Å². The van der Waals surface area contributed by atoms with E-state index < -0.39 is 10.8 Å². The molecule has 0 bridgehead atoms. The van der Waals surface area contributed by atoms with Gasteiger partial charge >= 0.3 is 0 Å². The summed E-state index contributed by atoms with van der Waals surface area (Å²) in [6.07, 6.45) is 0. The highest BCUT2D eigenvalue weighted by Gasteiger charge is 2.17. The lowest BCUT2D eigenvalue weighted by Gasteiger charge is -2.09. The molecule has 0 aromatic heterocycles. The Hall–Kier alpha value is -1.82. The number of anilines is 1. The van der Waals surface area contributed by atoms with Crippen LogP contribution in [0.5, 0.6) is 0 Å². The molecule has 2 rings (SSSR count). The molecule has 2 aromatic rings. The number of hydrogen-bond acceptors (Lipinski definition) is 3. The average Bonchev–Trinajstić information content (AvgIpc) is 2.44. The molecule has 8 heteroatoms. The Balaban J connectivity index is 2.26. The molecule has 108 valence electrons. The van der Waals surface area contributed by atoms with Crippen LogP contribution in [0.2, 0.25) is 15.1 Å². The summed E-state index contributed by atoms with van der Waals surface area (Å²) in [4.78, 5) is 22.2. The number of carbonyl (C=O) groups excluding carboxylic acids is 1. The zero-order valence-corrected chi connectivity index (χ0v) is 12.5. The third-order valence-electron chi connectivity index (χ3n) is 2.61. The van der Waals surface area contributed by atoms with Crippen LogP contribution >= 0.6 is 34.8 Å². The van der Waals surface area contributed by atoms with Gasteiger partial charge in [0.1, 0.15) is 0 Å². The first-order chi connectivity index (χ1) is 9.90. The zero-order chi connectivity index (χ0) is 15.6. The van der Waals surface area contributed by atoms with Crippen LogP contribution in [0.3, 0.4) is 0 Å². The first-order valence-electron chi connectivity index (χ1n) is 5.59. The standard InChI is InChI=1S/C13H7Cl3N2O3/c14-9-5-6-10(15)12(16)11(9)13(19)17-7-1-3-8(4-2-7)18(20)21/h1-6H,(H,17,19). The van der Waals surface area contributed by atoms with Gasteiger partial charge in [0.05, 0.1) is 25.6 Å². The molecule has 0 atom stereocenters. The normalized spacial score (nSPS) is 10.2. The number of benzene rings is 2. The zero-order valence-electron chi connectivity index (χ0n) is 10.3. The molecular formula is C13H7Cl3N2O3. The Bertz CT molecular complexity index is 717. The summed E-state index contributed by atoms with van der Waals surface area (Å²) in [5.41, 5.74) is 0.341. The van der Waals surface area contributed by atoms with E-state index in [0.29, 0.717) is 5.69 Å². The molecule has 0 radical (unpaired) electrons. The fourth-order valence-electron chi connectivity index (χ4n) is 1.60. The van der Waals surface area contributed by atoms with Crippen molar-refractivity contribution in [2.45, 2.75) is 0 Å². The van der Waals surface area contributed by atoms with Gasteiger partial charge in [-0.3, -0.25) is 14.9 Å². The molecule has 0 saturated heterocycles. The molecule has 2 aromatic carbocycles. The third-order valence-corrected chi connectivity index (χ3v) is 3.73. The summed E-state index contributed by atoms with van der Waals surface area (Å²) in [6.45, 7) is 0. The van der Waals surface area contributed by atoms with Crippen LogP contribution in [0.15, 0.2) is 36.4 Å². The Morgan fingerprint density at radius 2 is 1.57 bits per heavy atom. The van der Waals surface area contributed by atoms with Crippen molar-refractivity contribution in [3.63, 3.8) is 0 Å². The number of nitrogens with one attached hydrogen (secondary N) is 1. The van der Waals surface area contributed by atoms with Crippen LogP contribution in [0.25, 0.3) is 0 Å². The smallest absolute Gasteiger partial charge is 0.269 e. The van der Waals surface area contributed by atoms with Gasteiger partial charge in [-0.1, -0.05) is 34.8 Å². The molecule has 0 fully saturated rings. The van der Waals surface area contributed by atoms with E-state index in [1.165, 1.54) is 36.4 Å². The van der Waals surface area contributed by atoms with Gasteiger partial charge in [0.25, 0.3) is 11.6 Å². The second kappa shape index (κ2) is 6.30. The third kappa shape index (κ3) is 3.44. The summed E-state index contributed by atoms with van der Waals surface area (Å²) in [5.74, 6) is -0.554. The van der Waals surface area contributed by atoms with Crippen molar-refractivity contribution in [2.75, 3.05) is 5.32 Å². The molecule has 1 N–H and O–H groups in total. The summed E-state index contributed by atoms with van der Waals surface area (Å²) >= 11 is 17.7. The first kappa shape index (κ1) is 15.6. The second-order valence-corrected chi connectivity index (χ2v) is 5.17. The number of nitrogens with zero attached hydrogens (tertiary/aromatic N) is 1. The highest BCUT2D eigenvalue weighted by atomic mass is 35.5. The molecular weight excluding hydrogens is 339 g/mol. The molecule has 0 unspecified atom stereocenters. The van der Waals surface area contributed by atoms with E-state index in [4.69, 9.17) is 34.8 Å². The predicted octanol–water partition coefficient (Wildman–Crippen LogP) is 4.81. The number of halogens is 3. The van der Waals surface area contributed by atoms with Crippen LogP contribution in [0.4, 0.5) is 11.4 Å². The summed E-state index contributed by atoms with van der Waals surface area (Å²) in [7, 11) is 0. The maximum Gasteiger partial charge on any atom is 0.269 e. The van der Waals surface area contributed by atoms with E-state index in [0.717, 1.165) is 0 Å². The van der Waals surface area contributed by atoms with Gasteiger partial charge in [0, 0.05) is 17.8 Å². The minimum Gasteiger partial charge on any atom is -0.322 e. The first-order valence-corrected chi connectivity index (χ1v) is 6.73. The summed E-state index contributed by atoms with van der Waals surface area (Å²) < 4.78 is 0. The van der Waals surface area contributed by atoms with Crippen molar-refractivity contribution in [1.29, 1.82) is 0 Å². The maximum atomic E-state index is 12.2. The Labute approximate surface area is 134 Å². The number of carbonyl (C=O) groups is 1. The average molecular weight is 346 g/mol. The van der Waals surface area contributed by atoms with Crippen molar-refractivity contribution < 1.29 is 9.72 Å². The lowest BCUT2D eigenvalue weighted by atomic mass is 10.2. The Kier molecular flexibility index (Phi) is 4.67. The maximum absolute atomic E-state index is 12.2. The van der Waals surface area contributed by atoms with Gasteiger partial charge in [-0.05, 0) is 24.3 Å². The molecule has 1 amide bonds. The van der Waals surface area contributed by atoms with E-state index in [9.17, 15) is 14.9 Å². The summed E-state index contributed by atoms with van der Waals surface area (Å²) in [6, 6.07) is 8.30. The highest BCUT2D eigenvalue weighted by molar-refractivity contribution is 6.46. The molecule has 21 heavy (non-hydrogen) atoms. The van der Waals surface area contributed by atoms with Crippen LogP contribution < -0.4 is 5.32 Å². The largest absolute Gasteiger partial charge is 0.322 e. The van der Waals surface area contributed by atoms with Gasteiger partial charge in [-0.2, -0.15) is 0 Å². The molecule has 0 aliphatic heterocycles. The van der Waals surface area contributed by atoms with Gasteiger partial charge in [0.2, 0.25) is 0 Å². The van der Waals surface area contributed by atoms with Gasteiger partial charge in [-0.15, -0.1) is 0 Å². The van der Waals surface area contributed by atoms with E-state index in [2.05, 4.69) is 5.32 Å². The van der Waals surface area contributed by atoms with E-state index >= 15 is 0 Å². The fourth-order valence-corrected chi connectivity index (χ4v) is 2.30. The van der Waals surface area contributed by atoms with Gasteiger partial charge in [0.15, 0.2) is 0 Å². The topological polar surface area (TPSA) is 72.2 Å². The summed E-state index contributed by atoms with van der Waals surface area (Å²) in [5, 5.41) is 13.5. The Morgan fingerprint density at radius 1 is 1.00 bits per heavy atom. The van der Waals surface area contributed by atoms with Crippen LogP contribution in [-0.2, 0) is 0 Å². The lowest BCUT2D eigenvalue weighted by molar-refractivity contribution is -0.384. The van der Waals surface area contributed by atoms with Crippen molar-refractivity contribution in [1.82, 2.24) is 0 Å². The minimum atomic E-state index is -0.554. The van der Waals surface area contributed by atoms with Crippen molar-refractivity contribution in [3.8, 4) is 0 Å². The van der Waals surface area contributed by atoms with Crippen molar-refractivity contribution >= 4 is 52.1 Å². The van der Waals surface area contributed by atoms with Gasteiger partial charge in [-0.25, -0.2) is 0 Å². The highest BCUT2D eigenvalue weighted by Crippen LogP contribution is 2.32. The number of rotatable bonds is 3. The quantitative estimate of drug-likeness (QED) is 0.493.